The van der Waals surface area contributed by atoms with E-state index in [1.165, 1.54) is 11.3 Å². The summed E-state index contributed by atoms with van der Waals surface area (Å²) >= 11 is 0. The number of hydrogen-bond donors (Lipinski definition) is 0. The molecule has 0 amide bonds. The molecule has 180 valence electrons. The van der Waals surface area contributed by atoms with E-state index in [9.17, 15) is 0 Å². The minimum absolute atomic E-state index is 0.287. The standard InChI is InChI=1S/C29H31N3O3/c1-2-3-15-32-26(18-30-29(32)25-9-5-4-6-10-25)20-31(14-7-8-23-13-16-33-21-23)19-24-11-12-27-28(17-24)35-22-34-27/h4-13,16-18,21H,2-3,14-15,19-20,22H2,1H3/b8-7+. The molecule has 2 aromatic heterocycles. The van der Waals surface area contributed by atoms with Gasteiger partial charge in [0.05, 0.1) is 24.4 Å². The molecule has 3 heterocycles. The summed E-state index contributed by atoms with van der Waals surface area (Å²) in [7, 11) is 0. The average Bonchev–Trinajstić information content (AvgIpc) is 3.64. The molecule has 1 aliphatic heterocycles. The second-order valence-electron chi connectivity index (χ2n) is 8.76. The average molecular weight is 470 g/mol. The van der Waals surface area contributed by atoms with Gasteiger partial charge in [-0.2, -0.15) is 0 Å². The molecule has 0 radical (unpaired) electrons. The molecule has 0 aliphatic carbocycles. The van der Waals surface area contributed by atoms with Gasteiger partial charge in [-0.3, -0.25) is 4.90 Å². The highest BCUT2D eigenvalue weighted by atomic mass is 16.7. The van der Waals surface area contributed by atoms with Crippen molar-refractivity contribution in [2.75, 3.05) is 13.3 Å². The van der Waals surface area contributed by atoms with Gasteiger partial charge in [-0.1, -0.05) is 61.9 Å². The number of benzene rings is 2. The molecule has 35 heavy (non-hydrogen) atoms. The van der Waals surface area contributed by atoms with Crippen molar-refractivity contribution < 1.29 is 13.9 Å². The summed E-state index contributed by atoms with van der Waals surface area (Å²) in [6.45, 7) is 5.83. The summed E-state index contributed by atoms with van der Waals surface area (Å²) in [6, 6.07) is 18.6. The Morgan fingerprint density at radius 2 is 1.91 bits per heavy atom. The molecule has 1 aliphatic rings. The normalized spacial score (nSPS) is 12.7. The molecule has 5 rings (SSSR count). The Morgan fingerprint density at radius 1 is 1.03 bits per heavy atom. The Labute approximate surface area is 206 Å². The lowest BCUT2D eigenvalue weighted by Crippen LogP contribution is -2.24. The minimum Gasteiger partial charge on any atom is -0.472 e. The predicted molar refractivity (Wildman–Crippen MR) is 137 cm³/mol. The van der Waals surface area contributed by atoms with Crippen molar-refractivity contribution in [2.24, 2.45) is 0 Å². The van der Waals surface area contributed by atoms with E-state index in [1.54, 1.807) is 12.5 Å². The van der Waals surface area contributed by atoms with Crippen LogP contribution in [0.4, 0.5) is 0 Å². The van der Waals surface area contributed by atoms with Crippen LogP contribution in [0.1, 0.15) is 36.6 Å². The van der Waals surface area contributed by atoms with Crippen LogP contribution < -0.4 is 9.47 Å². The molecule has 2 aromatic carbocycles. The van der Waals surface area contributed by atoms with Gasteiger partial charge < -0.3 is 18.5 Å². The van der Waals surface area contributed by atoms with Crippen LogP contribution in [0.5, 0.6) is 11.5 Å². The Bertz CT molecular complexity index is 1250. The lowest BCUT2D eigenvalue weighted by Gasteiger charge is -2.22. The third-order valence-electron chi connectivity index (χ3n) is 6.15. The molecule has 4 aromatic rings. The van der Waals surface area contributed by atoms with Gasteiger partial charge >= 0.3 is 0 Å². The van der Waals surface area contributed by atoms with Gasteiger partial charge in [0.1, 0.15) is 5.82 Å². The minimum atomic E-state index is 0.287. The fraction of sp³-hybridized carbons (Fsp3) is 0.276. The number of ether oxygens (including phenoxy) is 2. The molecular weight excluding hydrogens is 438 g/mol. The number of fused-ring (bicyclic) bond motifs is 1. The van der Waals surface area contributed by atoms with Crippen molar-refractivity contribution in [1.82, 2.24) is 14.5 Å². The molecular formula is C29H31N3O3. The van der Waals surface area contributed by atoms with Crippen LogP contribution in [-0.4, -0.2) is 27.8 Å². The van der Waals surface area contributed by atoms with E-state index in [2.05, 4.69) is 64.9 Å². The Balaban J connectivity index is 1.40. The number of imidazole rings is 1. The highest BCUT2D eigenvalue weighted by Gasteiger charge is 2.17. The van der Waals surface area contributed by atoms with Crippen molar-refractivity contribution >= 4 is 6.08 Å². The highest BCUT2D eigenvalue weighted by molar-refractivity contribution is 5.56. The van der Waals surface area contributed by atoms with Crippen molar-refractivity contribution in [3.8, 4) is 22.9 Å². The van der Waals surface area contributed by atoms with Crippen molar-refractivity contribution in [1.29, 1.82) is 0 Å². The van der Waals surface area contributed by atoms with E-state index in [0.717, 1.165) is 67.5 Å². The van der Waals surface area contributed by atoms with Gasteiger partial charge in [0.15, 0.2) is 11.5 Å². The van der Waals surface area contributed by atoms with E-state index in [1.807, 2.05) is 24.4 Å². The second-order valence-corrected chi connectivity index (χ2v) is 8.76. The molecule has 6 nitrogen and oxygen atoms in total. The first kappa shape index (κ1) is 23.0. The summed E-state index contributed by atoms with van der Waals surface area (Å²) in [5.74, 6) is 2.66. The number of hydrogen-bond acceptors (Lipinski definition) is 5. The first-order chi connectivity index (χ1) is 17.3. The zero-order valence-corrected chi connectivity index (χ0v) is 20.1. The van der Waals surface area contributed by atoms with Gasteiger partial charge in [-0.15, -0.1) is 0 Å². The first-order valence-corrected chi connectivity index (χ1v) is 12.2. The maximum Gasteiger partial charge on any atom is 0.231 e. The number of rotatable bonds is 11. The highest BCUT2D eigenvalue weighted by Crippen LogP contribution is 2.33. The third kappa shape index (κ3) is 5.66. The molecule has 0 bridgehead atoms. The van der Waals surface area contributed by atoms with E-state index in [0.29, 0.717) is 0 Å². The predicted octanol–water partition coefficient (Wildman–Crippen LogP) is 6.39. The van der Waals surface area contributed by atoms with Crippen molar-refractivity contribution in [3.05, 3.63) is 96.2 Å². The lowest BCUT2D eigenvalue weighted by molar-refractivity contribution is 0.174. The summed E-state index contributed by atoms with van der Waals surface area (Å²) in [4.78, 5) is 7.26. The quantitative estimate of drug-likeness (QED) is 0.255. The maximum atomic E-state index is 5.61. The van der Waals surface area contributed by atoms with E-state index >= 15 is 0 Å². The summed E-state index contributed by atoms with van der Waals surface area (Å²) in [6.07, 6.45) is 12.0. The van der Waals surface area contributed by atoms with Crippen LogP contribution in [0.25, 0.3) is 17.5 Å². The largest absolute Gasteiger partial charge is 0.472 e. The van der Waals surface area contributed by atoms with E-state index in [4.69, 9.17) is 18.9 Å². The van der Waals surface area contributed by atoms with Crippen LogP contribution in [0.2, 0.25) is 0 Å². The smallest absolute Gasteiger partial charge is 0.231 e. The van der Waals surface area contributed by atoms with Gasteiger partial charge in [0.2, 0.25) is 6.79 Å². The van der Waals surface area contributed by atoms with Gasteiger partial charge in [0, 0.05) is 37.3 Å². The number of unbranched alkanes of at least 4 members (excludes halogenated alkanes) is 1. The number of nitrogens with zero attached hydrogens (tertiary/aromatic N) is 3. The van der Waals surface area contributed by atoms with Crippen molar-refractivity contribution in [2.45, 2.75) is 39.4 Å². The molecule has 0 saturated carbocycles. The first-order valence-electron chi connectivity index (χ1n) is 12.2. The Kier molecular flexibility index (Phi) is 7.29. The third-order valence-corrected chi connectivity index (χ3v) is 6.15. The SMILES string of the molecule is CCCCn1c(CN(C/C=C/c2ccoc2)Cc2ccc3c(c2)OCO3)cnc1-c1ccccc1. The van der Waals surface area contributed by atoms with Crippen molar-refractivity contribution in [3.63, 3.8) is 0 Å². The molecule has 0 atom stereocenters. The number of furan rings is 1. The topological polar surface area (TPSA) is 52.7 Å². The molecule has 6 heteroatoms. The summed E-state index contributed by atoms with van der Waals surface area (Å²) < 4.78 is 18.7. The molecule has 0 unspecified atom stereocenters. The van der Waals surface area contributed by atoms with Gasteiger partial charge in [-0.25, -0.2) is 4.98 Å². The van der Waals surface area contributed by atoms with Gasteiger partial charge in [-0.05, 0) is 30.2 Å². The Morgan fingerprint density at radius 3 is 2.74 bits per heavy atom. The van der Waals surface area contributed by atoms with Crippen LogP contribution >= 0.6 is 0 Å². The zero-order chi connectivity index (χ0) is 23.9. The molecule has 0 spiro atoms. The molecule has 0 fully saturated rings. The molecule has 0 saturated heterocycles. The maximum absolute atomic E-state index is 5.61. The fourth-order valence-electron chi connectivity index (χ4n) is 4.34. The molecule has 0 N–H and O–H groups in total. The monoisotopic (exact) mass is 469 g/mol. The van der Waals surface area contributed by atoms with Crippen LogP contribution in [0.15, 0.2) is 83.8 Å². The number of aromatic nitrogens is 2. The fourth-order valence-corrected chi connectivity index (χ4v) is 4.34. The zero-order valence-electron chi connectivity index (χ0n) is 20.1. The summed E-state index contributed by atoms with van der Waals surface area (Å²) in [5.41, 5.74) is 4.62. The van der Waals surface area contributed by atoms with Crippen LogP contribution in [0.3, 0.4) is 0 Å². The van der Waals surface area contributed by atoms with E-state index < -0.39 is 0 Å². The van der Waals surface area contributed by atoms with Crippen LogP contribution in [-0.2, 0) is 19.6 Å². The Hall–Kier alpha value is -3.77. The van der Waals surface area contributed by atoms with Gasteiger partial charge in [0.25, 0.3) is 0 Å². The van der Waals surface area contributed by atoms with E-state index in [-0.39, 0.29) is 6.79 Å². The summed E-state index contributed by atoms with van der Waals surface area (Å²) in [5, 5.41) is 0. The second kappa shape index (κ2) is 11.1. The van der Waals surface area contributed by atoms with Crippen LogP contribution in [0, 0.1) is 0 Å². The lowest BCUT2D eigenvalue weighted by atomic mass is 10.1.